The second kappa shape index (κ2) is 42.3. The topological polar surface area (TPSA) is 92.7 Å². The van der Waals surface area contributed by atoms with Gasteiger partial charge in [0.1, 0.15) is 12.6 Å². The van der Waals surface area contributed by atoms with Crippen LogP contribution in [-0.2, 0) is 19.1 Å². The van der Waals surface area contributed by atoms with Crippen molar-refractivity contribution in [3.05, 3.63) is 85.1 Å². The molecule has 0 saturated carbocycles. The maximum absolute atomic E-state index is 12.7. The maximum Gasteiger partial charge on any atom is 0.322 e. The van der Waals surface area contributed by atoms with Crippen LogP contribution in [0.4, 0.5) is 0 Å². The maximum atomic E-state index is 12.7. The monoisotopic (exact) mass is 750 g/mol. The Labute approximate surface area is 331 Å². The number of carboxylic acid groups (broad SMARTS) is 1. The minimum Gasteiger partial charge on any atom is -0.480 e. The van der Waals surface area contributed by atoms with Crippen LogP contribution < -0.4 is 5.32 Å². The number of allylic oxidation sites excluding steroid dienone is 13. The van der Waals surface area contributed by atoms with Crippen molar-refractivity contribution in [1.82, 2.24) is 5.32 Å². The molecule has 0 aromatic heterocycles. The number of esters is 1. The van der Waals surface area contributed by atoms with E-state index >= 15 is 0 Å². The van der Waals surface area contributed by atoms with Crippen molar-refractivity contribution in [1.29, 1.82) is 0 Å². The van der Waals surface area contributed by atoms with Gasteiger partial charge in [0.05, 0.1) is 0 Å². The van der Waals surface area contributed by atoms with Gasteiger partial charge < -0.3 is 15.2 Å². The Hall–Kier alpha value is -3.41. The van der Waals surface area contributed by atoms with E-state index in [-0.39, 0.29) is 24.5 Å². The molecule has 54 heavy (non-hydrogen) atoms. The normalized spacial score (nSPS) is 12.9. The Morgan fingerprint density at radius 1 is 0.519 bits per heavy atom. The first kappa shape index (κ1) is 50.6. The molecule has 2 N–H and O–H groups in total. The fourth-order valence-corrected chi connectivity index (χ4v) is 5.84. The zero-order valence-electron chi connectivity index (χ0n) is 34.5. The van der Waals surface area contributed by atoms with E-state index in [0.717, 1.165) is 109 Å². The Bertz CT molecular complexity index is 1100. The molecule has 1 unspecified atom stereocenters. The Morgan fingerprint density at radius 3 is 1.50 bits per heavy atom. The van der Waals surface area contributed by atoms with Crippen LogP contribution in [0.15, 0.2) is 85.1 Å². The molecule has 1 amide bonds. The number of carbonyl (C=O) groups excluding carboxylic acids is 2. The predicted octanol–water partition coefficient (Wildman–Crippen LogP) is 13.6. The molecule has 0 heterocycles. The van der Waals surface area contributed by atoms with Gasteiger partial charge in [-0.25, -0.2) is 0 Å². The van der Waals surface area contributed by atoms with Gasteiger partial charge in [-0.05, 0) is 96.0 Å². The summed E-state index contributed by atoms with van der Waals surface area (Å²) in [6, 6.07) is 0. The molecule has 0 radical (unpaired) electrons. The van der Waals surface area contributed by atoms with E-state index < -0.39 is 5.97 Å². The smallest absolute Gasteiger partial charge is 0.322 e. The van der Waals surface area contributed by atoms with Crippen molar-refractivity contribution in [3.8, 4) is 0 Å². The molecular formula is C48H79NO5. The summed E-state index contributed by atoms with van der Waals surface area (Å²) in [6.45, 7) is 4.06. The van der Waals surface area contributed by atoms with E-state index in [0.29, 0.717) is 12.8 Å². The SMILES string of the molecule is CC/C=C\C/C=C\C/C=C\C/C=C\C/C=C\CCCCCCCCCC(=O)OC(/C=C\C/C=C\CCCCC)CCCCCCCCC(=O)NCC(=O)O. The molecule has 6 heteroatoms. The van der Waals surface area contributed by atoms with Crippen LogP contribution in [0, 0.1) is 0 Å². The Balaban J connectivity index is 4.10. The predicted molar refractivity (Wildman–Crippen MR) is 231 cm³/mol. The average Bonchev–Trinajstić information content (AvgIpc) is 3.16. The molecule has 0 aromatic carbocycles. The first-order valence-electron chi connectivity index (χ1n) is 21.7. The van der Waals surface area contributed by atoms with Crippen LogP contribution in [0.1, 0.15) is 187 Å². The molecule has 0 bridgehead atoms. The molecule has 0 spiro atoms. The second-order valence-electron chi connectivity index (χ2n) is 14.2. The van der Waals surface area contributed by atoms with Gasteiger partial charge in [0.15, 0.2) is 0 Å². The van der Waals surface area contributed by atoms with Gasteiger partial charge in [-0.1, -0.05) is 163 Å². The lowest BCUT2D eigenvalue weighted by Crippen LogP contribution is -2.28. The number of ether oxygens (including phenoxy) is 1. The van der Waals surface area contributed by atoms with Crippen LogP contribution in [0.25, 0.3) is 0 Å². The lowest BCUT2D eigenvalue weighted by atomic mass is 10.1. The average molecular weight is 750 g/mol. The largest absolute Gasteiger partial charge is 0.480 e. The third-order valence-corrected chi connectivity index (χ3v) is 9.04. The van der Waals surface area contributed by atoms with Crippen molar-refractivity contribution in [2.24, 2.45) is 0 Å². The molecule has 0 aliphatic carbocycles. The summed E-state index contributed by atoms with van der Waals surface area (Å²) >= 11 is 0. The molecule has 0 aliphatic heterocycles. The molecule has 6 nitrogen and oxygen atoms in total. The molecule has 1 atom stereocenters. The standard InChI is InChI=1S/C48H79NO5/c1-3-5-7-9-11-13-14-15-16-17-18-19-20-21-22-23-24-25-26-27-29-35-39-43-48(53)54-45(40-36-32-28-12-10-8-6-4-2)41-37-33-30-31-34-38-42-46(50)49-44-47(51)52/h5,7,11-13,15-16,18-19,21-22,28,36,40,45H,3-4,6,8-10,14,17,20,23-27,29-35,37-39,41-44H2,1-2H3,(H,49,50)(H,51,52)/b7-5-,13-11-,16-15-,19-18-,22-21-,28-12-,40-36-. The van der Waals surface area contributed by atoms with Crippen molar-refractivity contribution in [2.75, 3.05) is 6.54 Å². The van der Waals surface area contributed by atoms with Gasteiger partial charge in [-0.3, -0.25) is 14.4 Å². The molecular weight excluding hydrogens is 671 g/mol. The lowest BCUT2D eigenvalue weighted by Gasteiger charge is -2.14. The summed E-state index contributed by atoms with van der Waals surface area (Å²) in [5.41, 5.74) is 0. The van der Waals surface area contributed by atoms with E-state index in [1.54, 1.807) is 0 Å². The third kappa shape index (κ3) is 41.3. The zero-order chi connectivity index (χ0) is 39.4. The summed E-state index contributed by atoms with van der Waals surface area (Å²) in [5, 5.41) is 11.1. The third-order valence-electron chi connectivity index (χ3n) is 9.04. The number of nitrogens with one attached hydrogen (secondary N) is 1. The molecule has 0 rings (SSSR count). The second-order valence-corrected chi connectivity index (χ2v) is 14.2. The van der Waals surface area contributed by atoms with E-state index in [1.165, 1.54) is 51.4 Å². The number of hydrogen-bond acceptors (Lipinski definition) is 4. The molecule has 0 fully saturated rings. The number of unbranched alkanes of at least 4 members (excludes halogenated alkanes) is 15. The summed E-state index contributed by atoms with van der Waals surface area (Å²) in [6.07, 6.45) is 58.7. The number of carboxylic acids is 1. The quantitative estimate of drug-likeness (QED) is 0.0372. The van der Waals surface area contributed by atoms with Crippen molar-refractivity contribution < 1.29 is 24.2 Å². The van der Waals surface area contributed by atoms with Crippen LogP contribution in [0.3, 0.4) is 0 Å². The summed E-state index contributed by atoms with van der Waals surface area (Å²) in [7, 11) is 0. The van der Waals surface area contributed by atoms with Crippen LogP contribution >= 0.6 is 0 Å². The van der Waals surface area contributed by atoms with Crippen molar-refractivity contribution in [3.63, 3.8) is 0 Å². The lowest BCUT2D eigenvalue weighted by molar-refractivity contribution is -0.147. The number of rotatable bonds is 38. The number of carbonyl (C=O) groups is 3. The fraction of sp³-hybridized carbons (Fsp3) is 0.646. The molecule has 0 aromatic rings. The summed E-state index contributed by atoms with van der Waals surface area (Å²) in [5.74, 6) is -1.31. The zero-order valence-corrected chi connectivity index (χ0v) is 34.5. The van der Waals surface area contributed by atoms with Crippen LogP contribution in [0.5, 0.6) is 0 Å². The van der Waals surface area contributed by atoms with Crippen LogP contribution in [0.2, 0.25) is 0 Å². The molecule has 0 aliphatic rings. The van der Waals surface area contributed by atoms with Gasteiger partial charge in [-0.2, -0.15) is 0 Å². The van der Waals surface area contributed by atoms with Gasteiger partial charge >= 0.3 is 11.9 Å². The fourth-order valence-electron chi connectivity index (χ4n) is 5.84. The number of aliphatic carboxylic acids is 1. The van der Waals surface area contributed by atoms with E-state index in [2.05, 4.69) is 104 Å². The van der Waals surface area contributed by atoms with E-state index in [9.17, 15) is 14.4 Å². The highest BCUT2D eigenvalue weighted by Crippen LogP contribution is 2.15. The number of amides is 1. The van der Waals surface area contributed by atoms with Gasteiger partial charge in [-0.15, -0.1) is 0 Å². The summed E-state index contributed by atoms with van der Waals surface area (Å²) < 4.78 is 5.92. The van der Waals surface area contributed by atoms with Crippen molar-refractivity contribution in [2.45, 2.75) is 193 Å². The Kier molecular flexibility index (Phi) is 39.7. The summed E-state index contributed by atoms with van der Waals surface area (Å²) in [4.78, 5) is 34.9. The first-order chi connectivity index (χ1) is 26.5. The minimum absolute atomic E-state index is 0.0852. The highest BCUT2D eigenvalue weighted by atomic mass is 16.5. The molecule has 0 saturated heterocycles. The van der Waals surface area contributed by atoms with Crippen molar-refractivity contribution >= 4 is 17.8 Å². The van der Waals surface area contributed by atoms with Crippen LogP contribution in [-0.4, -0.2) is 35.6 Å². The highest BCUT2D eigenvalue weighted by Gasteiger charge is 2.11. The van der Waals surface area contributed by atoms with E-state index in [1.807, 2.05) is 0 Å². The van der Waals surface area contributed by atoms with Gasteiger partial charge in [0.2, 0.25) is 5.91 Å². The highest BCUT2D eigenvalue weighted by molar-refractivity contribution is 5.80. The number of hydrogen-bond donors (Lipinski definition) is 2. The van der Waals surface area contributed by atoms with E-state index in [4.69, 9.17) is 9.84 Å². The Morgan fingerprint density at radius 2 is 0.963 bits per heavy atom. The van der Waals surface area contributed by atoms with Gasteiger partial charge in [0.25, 0.3) is 0 Å². The minimum atomic E-state index is -1.02. The van der Waals surface area contributed by atoms with Gasteiger partial charge in [0, 0.05) is 12.8 Å². The first-order valence-corrected chi connectivity index (χ1v) is 21.7. The molecule has 306 valence electrons.